The number of imide groups is 1. The molecular formula is C19H23N3O3. The highest BCUT2D eigenvalue weighted by molar-refractivity contribution is 6.05. The minimum Gasteiger partial charge on any atom is -0.443 e. The summed E-state index contributed by atoms with van der Waals surface area (Å²) >= 11 is 0. The third-order valence-corrected chi connectivity index (χ3v) is 4.16. The molecule has 3 heterocycles. The SMILES string of the molecule is CCn1c(-c2ccncc2)cc2c1CCN(C(=O)OC(C)(C)C)C2=O. The van der Waals surface area contributed by atoms with Crippen LogP contribution < -0.4 is 0 Å². The van der Waals surface area contributed by atoms with Gasteiger partial charge in [0.1, 0.15) is 5.60 Å². The summed E-state index contributed by atoms with van der Waals surface area (Å²) in [6.45, 7) is 8.52. The number of hydrogen-bond acceptors (Lipinski definition) is 4. The van der Waals surface area contributed by atoms with E-state index in [1.807, 2.05) is 18.2 Å². The number of hydrogen-bond donors (Lipinski definition) is 0. The fourth-order valence-electron chi connectivity index (χ4n) is 3.12. The minimum atomic E-state index is -0.630. The highest BCUT2D eigenvalue weighted by atomic mass is 16.6. The number of pyridine rings is 1. The van der Waals surface area contributed by atoms with Gasteiger partial charge in [0.05, 0.1) is 5.56 Å². The topological polar surface area (TPSA) is 64.4 Å². The molecule has 6 heteroatoms. The minimum absolute atomic E-state index is 0.294. The summed E-state index contributed by atoms with van der Waals surface area (Å²) in [4.78, 5) is 30.4. The maximum Gasteiger partial charge on any atom is 0.417 e. The summed E-state index contributed by atoms with van der Waals surface area (Å²) in [7, 11) is 0. The Hall–Kier alpha value is -2.63. The van der Waals surface area contributed by atoms with Gasteiger partial charge >= 0.3 is 6.09 Å². The zero-order chi connectivity index (χ0) is 18.2. The van der Waals surface area contributed by atoms with Crippen molar-refractivity contribution >= 4 is 12.0 Å². The molecule has 0 N–H and O–H groups in total. The van der Waals surface area contributed by atoms with Crippen molar-refractivity contribution in [1.29, 1.82) is 0 Å². The fourth-order valence-corrected chi connectivity index (χ4v) is 3.12. The maximum atomic E-state index is 12.9. The molecule has 0 aromatic carbocycles. The molecule has 0 saturated heterocycles. The molecule has 0 atom stereocenters. The number of nitrogens with zero attached hydrogens (tertiary/aromatic N) is 3. The molecule has 3 rings (SSSR count). The van der Waals surface area contributed by atoms with Gasteiger partial charge in [0.15, 0.2) is 0 Å². The van der Waals surface area contributed by atoms with Crippen LogP contribution in [0.5, 0.6) is 0 Å². The van der Waals surface area contributed by atoms with Gasteiger partial charge in [-0.25, -0.2) is 9.69 Å². The third kappa shape index (κ3) is 3.29. The molecule has 1 aliphatic rings. The molecule has 0 radical (unpaired) electrons. The maximum absolute atomic E-state index is 12.9. The second kappa shape index (κ2) is 6.35. The lowest BCUT2D eigenvalue weighted by Gasteiger charge is -2.29. The number of carbonyl (C=O) groups excluding carboxylic acids is 2. The Labute approximate surface area is 147 Å². The van der Waals surface area contributed by atoms with Crippen LogP contribution in [0.2, 0.25) is 0 Å². The highest BCUT2D eigenvalue weighted by Crippen LogP contribution is 2.30. The Morgan fingerprint density at radius 2 is 1.96 bits per heavy atom. The van der Waals surface area contributed by atoms with Crippen molar-refractivity contribution in [2.75, 3.05) is 6.54 Å². The quantitative estimate of drug-likeness (QED) is 0.838. The average Bonchev–Trinajstić information content (AvgIpc) is 2.93. The van der Waals surface area contributed by atoms with E-state index in [2.05, 4.69) is 16.5 Å². The lowest BCUT2D eigenvalue weighted by molar-refractivity contribution is 0.0232. The number of carbonyl (C=O) groups is 2. The zero-order valence-corrected chi connectivity index (χ0v) is 15.1. The van der Waals surface area contributed by atoms with Gasteiger partial charge in [-0.15, -0.1) is 0 Å². The smallest absolute Gasteiger partial charge is 0.417 e. The Balaban J connectivity index is 1.97. The largest absolute Gasteiger partial charge is 0.443 e. The molecule has 0 unspecified atom stereocenters. The Kier molecular flexibility index (Phi) is 4.37. The van der Waals surface area contributed by atoms with E-state index in [-0.39, 0.29) is 5.91 Å². The van der Waals surface area contributed by atoms with Crippen LogP contribution in [0.1, 0.15) is 43.7 Å². The van der Waals surface area contributed by atoms with Crippen LogP contribution in [0.3, 0.4) is 0 Å². The number of aromatic nitrogens is 2. The van der Waals surface area contributed by atoms with Gasteiger partial charge in [0.25, 0.3) is 5.91 Å². The molecule has 2 aromatic rings. The van der Waals surface area contributed by atoms with E-state index in [4.69, 9.17) is 4.74 Å². The van der Waals surface area contributed by atoms with E-state index in [1.54, 1.807) is 33.2 Å². The third-order valence-electron chi connectivity index (χ3n) is 4.16. The summed E-state index contributed by atoms with van der Waals surface area (Å²) in [6.07, 6.45) is 3.50. The van der Waals surface area contributed by atoms with Crippen LogP contribution in [0.15, 0.2) is 30.6 Å². The van der Waals surface area contributed by atoms with Gasteiger partial charge in [0.2, 0.25) is 0 Å². The van der Waals surface area contributed by atoms with E-state index in [1.165, 1.54) is 4.90 Å². The lowest BCUT2D eigenvalue weighted by atomic mass is 10.1. The first-order chi connectivity index (χ1) is 11.8. The molecule has 0 fully saturated rings. The molecule has 0 spiro atoms. The van der Waals surface area contributed by atoms with E-state index >= 15 is 0 Å². The van der Waals surface area contributed by atoms with Crippen molar-refractivity contribution in [1.82, 2.24) is 14.5 Å². The second-order valence-electron chi connectivity index (χ2n) is 7.06. The first-order valence-electron chi connectivity index (χ1n) is 8.49. The van der Waals surface area contributed by atoms with E-state index < -0.39 is 11.7 Å². The molecular weight excluding hydrogens is 318 g/mol. The fraction of sp³-hybridized carbons (Fsp3) is 0.421. The van der Waals surface area contributed by atoms with Crippen molar-refractivity contribution in [3.63, 3.8) is 0 Å². The summed E-state index contributed by atoms with van der Waals surface area (Å²) < 4.78 is 7.50. The molecule has 6 nitrogen and oxygen atoms in total. The first kappa shape index (κ1) is 17.2. The van der Waals surface area contributed by atoms with Crippen LogP contribution in [-0.4, -0.2) is 38.6 Å². The van der Waals surface area contributed by atoms with Gasteiger partial charge in [0, 0.05) is 48.9 Å². The molecule has 0 saturated carbocycles. The van der Waals surface area contributed by atoms with Gasteiger partial charge in [-0.2, -0.15) is 0 Å². The first-order valence-corrected chi connectivity index (χ1v) is 8.49. The second-order valence-corrected chi connectivity index (χ2v) is 7.06. The van der Waals surface area contributed by atoms with Crippen molar-refractivity contribution in [3.05, 3.63) is 41.9 Å². The molecule has 132 valence electrons. The molecule has 1 aliphatic heterocycles. The Bertz CT molecular complexity index is 803. The van der Waals surface area contributed by atoms with E-state index in [9.17, 15) is 9.59 Å². The number of fused-ring (bicyclic) bond motifs is 1. The number of rotatable bonds is 2. The van der Waals surface area contributed by atoms with Crippen LogP contribution >= 0.6 is 0 Å². The van der Waals surface area contributed by atoms with Gasteiger partial charge in [-0.05, 0) is 45.9 Å². The zero-order valence-electron chi connectivity index (χ0n) is 15.1. The van der Waals surface area contributed by atoms with Crippen LogP contribution in [-0.2, 0) is 17.7 Å². The van der Waals surface area contributed by atoms with E-state index in [0.29, 0.717) is 18.5 Å². The predicted molar refractivity (Wildman–Crippen MR) is 94.3 cm³/mol. The molecule has 2 amide bonds. The summed E-state index contributed by atoms with van der Waals surface area (Å²) in [6, 6.07) is 5.71. The Morgan fingerprint density at radius 1 is 1.28 bits per heavy atom. The van der Waals surface area contributed by atoms with Gasteiger partial charge in [-0.1, -0.05) is 0 Å². The van der Waals surface area contributed by atoms with Gasteiger partial charge < -0.3 is 9.30 Å². The molecule has 0 bridgehead atoms. The average molecular weight is 341 g/mol. The Morgan fingerprint density at radius 3 is 2.56 bits per heavy atom. The van der Waals surface area contributed by atoms with Crippen molar-refractivity contribution in [3.8, 4) is 11.3 Å². The summed E-state index contributed by atoms with van der Waals surface area (Å²) in [5.74, 6) is -0.294. The van der Waals surface area contributed by atoms with Crippen molar-refractivity contribution in [2.45, 2.75) is 46.3 Å². The standard InChI is InChI=1S/C19H23N3O3/c1-5-21-15-8-11-22(18(24)25-19(2,3)4)17(23)14(15)12-16(21)13-6-9-20-10-7-13/h6-7,9-10,12H,5,8,11H2,1-4H3. The molecule has 25 heavy (non-hydrogen) atoms. The van der Waals surface area contributed by atoms with Crippen molar-refractivity contribution in [2.24, 2.45) is 0 Å². The van der Waals surface area contributed by atoms with Crippen LogP contribution in [0.25, 0.3) is 11.3 Å². The monoisotopic (exact) mass is 341 g/mol. The van der Waals surface area contributed by atoms with E-state index in [0.717, 1.165) is 23.5 Å². The van der Waals surface area contributed by atoms with Crippen molar-refractivity contribution < 1.29 is 14.3 Å². The number of amides is 2. The normalized spacial score (nSPS) is 14.4. The van der Waals surface area contributed by atoms with Crippen LogP contribution in [0, 0.1) is 0 Å². The predicted octanol–water partition coefficient (Wildman–Crippen LogP) is 3.50. The lowest BCUT2D eigenvalue weighted by Crippen LogP contribution is -2.44. The number of ether oxygens (including phenoxy) is 1. The molecule has 0 aliphatic carbocycles. The summed E-state index contributed by atoms with van der Waals surface area (Å²) in [5.41, 5.74) is 2.89. The summed E-state index contributed by atoms with van der Waals surface area (Å²) in [5, 5.41) is 0. The van der Waals surface area contributed by atoms with Gasteiger partial charge in [-0.3, -0.25) is 9.78 Å². The van der Waals surface area contributed by atoms with Crippen LogP contribution in [0.4, 0.5) is 4.79 Å². The molecule has 2 aromatic heterocycles. The highest BCUT2D eigenvalue weighted by Gasteiger charge is 2.35.